The normalized spacial score (nSPS) is 30.9. The fourth-order valence-corrected chi connectivity index (χ4v) is 1.28. The Bertz CT molecular complexity index is 241. The van der Waals surface area contributed by atoms with E-state index in [0.717, 1.165) is 0 Å². The van der Waals surface area contributed by atoms with E-state index in [4.69, 9.17) is 19.9 Å². The van der Waals surface area contributed by atoms with Gasteiger partial charge in [0, 0.05) is 27.1 Å². The standard InChI is InChI=1S/C9H15NO4/c1-12-8-4-6-9(13-2,14-8)5-3-7(10)11/h4,6,8H,3,5H2,1-2H3,(H2,10,11)/t8-,9-/m1/s1. The van der Waals surface area contributed by atoms with Gasteiger partial charge in [-0.05, 0) is 12.2 Å². The Kier molecular flexibility index (Phi) is 3.62. The average molecular weight is 201 g/mol. The molecule has 1 rings (SSSR count). The highest BCUT2D eigenvalue weighted by Gasteiger charge is 2.35. The van der Waals surface area contributed by atoms with Crippen LogP contribution in [0.4, 0.5) is 0 Å². The molecule has 0 spiro atoms. The van der Waals surface area contributed by atoms with E-state index in [1.807, 2.05) is 0 Å². The fraction of sp³-hybridized carbons (Fsp3) is 0.667. The predicted molar refractivity (Wildman–Crippen MR) is 49.2 cm³/mol. The summed E-state index contributed by atoms with van der Waals surface area (Å²) in [6.45, 7) is 0. The number of primary amides is 1. The van der Waals surface area contributed by atoms with E-state index < -0.39 is 12.1 Å². The zero-order valence-electron chi connectivity index (χ0n) is 8.36. The quantitative estimate of drug-likeness (QED) is 0.643. The number of rotatable bonds is 5. The van der Waals surface area contributed by atoms with Crippen LogP contribution in [-0.2, 0) is 19.0 Å². The zero-order chi connectivity index (χ0) is 10.6. The number of methoxy groups -OCH3 is 2. The summed E-state index contributed by atoms with van der Waals surface area (Å²) < 4.78 is 15.6. The molecular weight excluding hydrogens is 186 g/mol. The highest BCUT2D eigenvalue weighted by molar-refractivity contribution is 5.73. The maximum atomic E-state index is 10.6. The summed E-state index contributed by atoms with van der Waals surface area (Å²) in [7, 11) is 3.05. The van der Waals surface area contributed by atoms with Crippen LogP contribution >= 0.6 is 0 Å². The summed E-state index contributed by atoms with van der Waals surface area (Å²) in [6, 6.07) is 0. The molecule has 0 aromatic heterocycles. The Hall–Kier alpha value is -0.910. The van der Waals surface area contributed by atoms with Crippen molar-refractivity contribution < 1.29 is 19.0 Å². The Morgan fingerprint density at radius 2 is 2.36 bits per heavy atom. The molecule has 5 heteroatoms. The molecule has 14 heavy (non-hydrogen) atoms. The minimum absolute atomic E-state index is 0.217. The first-order valence-electron chi connectivity index (χ1n) is 4.35. The number of ether oxygens (including phenoxy) is 3. The molecule has 1 amide bonds. The van der Waals surface area contributed by atoms with Crippen molar-refractivity contribution in [1.82, 2.24) is 0 Å². The lowest BCUT2D eigenvalue weighted by atomic mass is 10.1. The van der Waals surface area contributed by atoms with Crippen molar-refractivity contribution in [1.29, 1.82) is 0 Å². The number of hydrogen-bond acceptors (Lipinski definition) is 4. The Labute approximate surface area is 82.8 Å². The van der Waals surface area contributed by atoms with Crippen molar-refractivity contribution in [3.8, 4) is 0 Å². The smallest absolute Gasteiger partial charge is 0.217 e. The number of nitrogens with two attached hydrogens (primary N) is 1. The van der Waals surface area contributed by atoms with Gasteiger partial charge in [-0.1, -0.05) is 0 Å². The minimum Gasteiger partial charge on any atom is -0.370 e. The summed E-state index contributed by atoms with van der Waals surface area (Å²) in [5.74, 6) is -1.24. The van der Waals surface area contributed by atoms with Crippen LogP contribution in [0, 0.1) is 0 Å². The molecular formula is C9H15NO4. The second kappa shape index (κ2) is 4.54. The molecule has 0 aromatic carbocycles. The first-order valence-corrected chi connectivity index (χ1v) is 4.35. The Morgan fingerprint density at radius 1 is 1.64 bits per heavy atom. The van der Waals surface area contributed by atoms with Crippen LogP contribution in [0.2, 0.25) is 0 Å². The van der Waals surface area contributed by atoms with Crippen molar-refractivity contribution in [3.05, 3.63) is 12.2 Å². The van der Waals surface area contributed by atoms with Gasteiger partial charge < -0.3 is 19.9 Å². The lowest BCUT2D eigenvalue weighted by molar-refractivity contribution is -0.244. The molecule has 1 aliphatic rings. The van der Waals surface area contributed by atoms with Crippen molar-refractivity contribution in [2.24, 2.45) is 5.73 Å². The van der Waals surface area contributed by atoms with Crippen LogP contribution in [0.3, 0.4) is 0 Å². The van der Waals surface area contributed by atoms with E-state index in [-0.39, 0.29) is 12.3 Å². The third-order valence-corrected chi connectivity index (χ3v) is 2.12. The lowest BCUT2D eigenvalue weighted by Gasteiger charge is -2.26. The monoisotopic (exact) mass is 201 g/mol. The van der Waals surface area contributed by atoms with E-state index in [0.29, 0.717) is 6.42 Å². The molecule has 0 fully saturated rings. The van der Waals surface area contributed by atoms with Crippen molar-refractivity contribution in [2.45, 2.75) is 24.9 Å². The maximum absolute atomic E-state index is 10.6. The zero-order valence-corrected chi connectivity index (χ0v) is 8.36. The van der Waals surface area contributed by atoms with Gasteiger partial charge in [0.2, 0.25) is 5.91 Å². The summed E-state index contributed by atoms with van der Waals surface area (Å²) in [6.07, 6.45) is 3.68. The lowest BCUT2D eigenvalue weighted by Crippen LogP contribution is -2.33. The van der Waals surface area contributed by atoms with Crippen LogP contribution in [0.1, 0.15) is 12.8 Å². The molecule has 0 bridgehead atoms. The van der Waals surface area contributed by atoms with Crippen LogP contribution in [-0.4, -0.2) is 32.2 Å². The molecule has 0 aliphatic carbocycles. The molecule has 5 nitrogen and oxygen atoms in total. The number of amides is 1. The molecule has 1 heterocycles. The molecule has 2 atom stereocenters. The van der Waals surface area contributed by atoms with E-state index >= 15 is 0 Å². The van der Waals surface area contributed by atoms with Crippen LogP contribution in [0.25, 0.3) is 0 Å². The SMILES string of the molecule is CO[C@H]1C=C[C@](CCC(N)=O)(OC)O1. The summed E-state index contributed by atoms with van der Waals surface area (Å²) >= 11 is 0. The largest absolute Gasteiger partial charge is 0.370 e. The van der Waals surface area contributed by atoms with Crippen molar-refractivity contribution in [3.63, 3.8) is 0 Å². The van der Waals surface area contributed by atoms with Crippen molar-refractivity contribution in [2.75, 3.05) is 14.2 Å². The molecule has 0 saturated heterocycles. The topological polar surface area (TPSA) is 70.8 Å². The van der Waals surface area contributed by atoms with Gasteiger partial charge in [-0.25, -0.2) is 0 Å². The third kappa shape index (κ3) is 2.54. The summed E-state index contributed by atoms with van der Waals surface area (Å²) in [5.41, 5.74) is 5.05. The van der Waals surface area contributed by atoms with Gasteiger partial charge in [0.25, 0.3) is 0 Å². The molecule has 80 valence electrons. The molecule has 2 N–H and O–H groups in total. The van der Waals surface area contributed by atoms with Crippen LogP contribution in [0.15, 0.2) is 12.2 Å². The van der Waals surface area contributed by atoms with Gasteiger partial charge in [0.15, 0.2) is 12.1 Å². The van der Waals surface area contributed by atoms with Crippen molar-refractivity contribution >= 4 is 5.91 Å². The molecule has 0 radical (unpaired) electrons. The highest BCUT2D eigenvalue weighted by Crippen LogP contribution is 2.29. The van der Waals surface area contributed by atoms with Gasteiger partial charge in [0.05, 0.1) is 0 Å². The maximum Gasteiger partial charge on any atom is 0.217 e. The second-order valence-electron chi connectivity index (χ2n) is 3.06. The van der Waals surface area contributed by atoms with Gasteiger partial charge in [-0.2, -0.15) is 0 Å². The molecule has 0 aromatic rings. The van der Waals surface area contributed by atoms with E-state index in [2.05, 4.69) is 0 Å². The average Bonchev–Trinajstić information content (AvgIpc) is 2.59. The third-order valence-electron chi connectivity index (χ3n) is 2.12. The fourth-order valence-electron chi connectivity index (χ4n) is 1.28. The molecule has 0 unspecified atom stereocenters. The van der Waals surface area contributed by atoms with Crippen LogP contribution in [0.5, 0.6) is 0 Å². The van der Waals surface area contributed by atoms with E-state index in [1.165, 1.54) is 14.2 Å². The van der Waals surface area contributed by atoms with E-state index in [1.54, 1.807) is 12.2 Å². The van der Waals surface area contributed by atoms with Crippen LogP contribution < -0.4 is 5.73 Å². The number of hydrogen-bond donors (Lipinski definition) is 1. The Morgan fingerprint density at radius 3 is 2.79 bits per heavy atom. The highest BCUT2D eigenvalue weighted by atomic mass is 16.8. The van der Waals surface area contributed by atoms with Gasteiger partial charge in [-0.3, -0.25) is 4.79 Å². The second-order valence-corrected chi connectivity index (χ2v) is 3.06. The van der Waals surface area contributed by atoms with Gasteiger partial charge in [0.1, 0.15) is 0 Å². The Balaban J connectivity index is 2.52. The first-order chi connectivity index (χ1) is 6.62. The summed E-state index contributed by atoms with van der Waals surface area (Å²) in [5, 5.41) is 0. The van der Waals surface area contributed by atoms with Gasteiger partial charge in [-0.15, -0.1) is 0 Å². The number of carbonyl (C=O) groups is 1. The predicted octanol–water partition coefficient (Wildman–Crippen LogP) is 0.154. The molecule has 0 saturated carbocycles. The molecule has 1 aliphatic heterocycles. The first kappa shape index (κ1) is 11.2. The van der Waals surface area contributed by atoms with E-state index in [9.17, 15) is 4.79 Å². The minimum atomic E-state index is -0.865. The van der Waals surface area contributed by atoms with Gasteiger partial charge >= 0.3 is 0 Å². The number of carbonyl (C=O) groups excluding carboxylic acids is 1. The summed E-state index contributed by atoms with van der Waals surface area (Å²) in [4.78, 5) is 10.6.